The second-order valence-electron chi connectivity index (χ2n) is 5.29. The lowest BCUT2D eigenvalue weighted by atomic mass is 10.1. The maximum Gasteiger partial charge on any atom is 0.148 e. The monoisotopic (exact) mass is 257 g/mol. The number of hydrogen-bond acceptors (Lipinski definition) is 4. The Balaban J connectivity index is 2.17. The Hall–Kier alpha value is -2.10. The minimum absolute atomic E-state index is 0.185. The summed E-state index contributed by atoms with van der Waals surface area (Å²) < 4.78 is 5.78. The second-order valence-corrected chi connectivity index (χ2v) is 5.29. The minimum atomic E-state index is -0.185. The van der Waals surface area contributed by atoms with Gasteiger partial charge < -0.3 is 10.1 Å². The fourth-order valence-electron chi connectivity index (χ4n) is 1.67. The van der Waals surface area contributed by atoms with E-state index < -0.39 is 0 Å². The number of nitrogens with zero attached hydrogens (tertiary/aromatic N) is 2. The fraction of sp³-hybridized carbons (Fsp3) is 0.333. The highest BCUT2D eigenvalue weighted by Crippen LogP contribution is 2.23. The van der Waals surface area contributed by atoms with Gasteiger partial charge in [0.2, 0.25) is 0 Å². The number of hydrogen-bond donors (Lipinski definition) is 1. The van der Waals surface area contributed by atoms with Crippen LogP contribution in [0.1, 0.15) is 20.8 Å². The zero-order chi connectivity index (χ0) is 13.9. The third kappa shape index (κ3) is 3.68. The Morgan fingerprint density at radius 3 is 2.11 bits per heavy atom. The standard InChI is InChI=1S/C15H19N3O/c1-15(2,3)19-12-7-5-11(6-8-12)13-9-10-14(16-4)18-17-13/h5-10H,1-4H3,(H,16,18). The van der Waals surface area contributed by atoms with Crippen molar-refractivity contribution in [1.29, 1.82) is 0 Å². The molecule has 0 spiro atoms. The minimum Gasteiger partial charge on any atom is -0.488 e. The molecule has 0 fully saturated rings. The van der Waals surface area contributed by atoms with Crippen molar-refractivity contribution in [1.82, 2.24) is 10.2 Å². The lowest BCUT2D eigenvalue weighted by molar-refractivity contribution is 0.131. The Kier molecular flexibility index (Phi) is 3.69. The molecule has 0 unspecified atom stereocenters. The van der Waals surface area contributed by atoms with Gasteiger partial charge in [0, 0.05) is 12.6 Å². The van der Waals surface area contributed by atoms with Crippen molar-refractivity contribution >= 4 is 5.82 Å². The van der Waals surface area contributed by atoms with E-state index in [4.69, 9.17) is 4.74 Å². The molecule has 0 saturated carbocycles. The molecule has 0 bridgehead atoms. The van der Waals surface area contributed by atoms with Gasteiger partial charge in [-0.3, -0.25) is 0 Å². The number of anilines is 1. The Labute approximate surface area is 113 Å². The first-order chi connectivity index (χ1) is 8.98. The lowest BCUT2D eigenvalue weighted by Crippen LogP contribution is -2.22. The summed E-state index contributed by atoms with van der Waals surface area (Å²) in [6.45, 7) is 6.09. The lowest BCUT2D eigenvalue weighted by Gasteiger charge is -2.21. The van der Waals surface area contributed by atoms with Crippen LogP contribution in [-0.4, -0.2) is 22.8 Å². The summed E-state index contributed by atoms with van der Waals surface area (Å²) >= 11 is 0. The molecule has 0 radical (unpaired) electrons. The summed E-state index contributed by atoms with van der Waals surface area (Å²) in [4.78, 5) is 0. The van der Waals surface area contributed by atoms with E-state index in [-0.39, 0.29) is 5.60 Å². The summed E-state index contributed by atoms with van der Waals surface area (Å²) in [5.74, 6) is 1.62. The van der Waals surface area contributed by atoms with Gasteiger partial charge in [-0.1, -0.05) is 0 Å². The molecule has 19 heavy (non-hydrogen) atoms. The van der Waals surface area contributed by atoms with E-state index in [0.717, 1.165) is 22.8 Å². The molecular formula is C15H19N3O. The van der Waals surface area contributed by atoms with E-state index in [1.54, 1.807) is 0 Å². The molecule has 0 aliphatic rings. The predicted octanol–water partition coefficient (Wildman–Crippen LogP) is 3.36. The van der Waals surface area contributed by atoms with Gasteiger partial charge in [0.05, 0.1) is 5.69 Å². The van der Waals surface area contributed by atoms with Crippen molar-refractivity contribution in [3.8, 4) is 17.0 Å². The molecule has 2 rings (SSSR count). The zero-order valence-corrected chi connectivity index (χ0v) is 11.8. The second kappa shape index (κ2) is 5.26. The first-order valence-corrected chi connectivity index (χ1v) is 6.29. The van der Waals surface area contributed by atoms with Crippen LogP contribution in [0.5, 0.6) is 5.75 Å². The molecule has 1 heterocycles. The molecule has 1 aromatic carbocycles. The molecule has 0 aliphatic heterocycles. The van der Waals surface area contributed by atoms with Crippen LogP contribution in [0, 0.1) is 0 Å². The Morgan fingerprint density at radius 2 is 1.63 bits per heavy atom. The average Bonchev–Trinajstić information content (AvgIpc) is 2.38. The molecule has 0 saturated heterocycles. The highest BCUT2D eigenvalue weighted by molar-refractivity contribution is 5.60. The highest BCUT2D eigenvalue weighted by Gasteiger charge is 2.11. The normalized spacial score (nSPS) is 11.2. The van der Waals surface area contributed by atoms with Crippen molar-refractivity contribution in [2.45, 2.75) is 26.4 Å². The van der Waals surface area contributed by atoms with E-state index >= 15 is 0 Å². The van der Waals surface area contributed by atoms with Gasteiger partial charge in [-0.15, -0.1) is 10.2 Å². The van der Waals surface area contributed by atoms with Crippen molar-refractivity contribution in [3.63, 3.8) is 0 Å². The smallest absolute Gasteiger partial charge is 0.148 e. The maximum atomic E-state index is 5.78. The molecule has 100 valence electrons. The van der Waals surface area contributed by atoms with E-state index in [1.165, 1.54) is 0 Å². The molecule has 1 aromatic heterocycles. The topological polar surface area (TPSA) is 47.0 Å². The molecule has 0 aliphatic carbocycles. The van der Waals surface area contributed by atoms with Crippen LogP contribution < -0.4 is 10.1 Å². The summed E-state index contributed by atoms with van der Waals surface area (Å²) in [6, 6.07) is 11.7. The van der Waals surface area contributed by atoms with Crippen LogP contribution in [0.2, 0.25) is 0 Å². The first-order valence-electron chi connectivity index (χ1n) is 6.29. The Morgan fingerprint density at radius 1 is 0.947 bits per heavy atom. The van der Waals surface area contributed by atoms with Gasteiger partial charge in [0.1, 0.15) is 17.2 Å². The van der Waals surface area contributed by atoms with Crippen molar-refractivity contribution in [3.05, 3.63) is 36.4 Å². The molecule has 4 heteroatoms. The van der Waals surface area contributed by atoms with Crippen molar-refractivity contribution < 1.29 is 4.74 Å². The predicted molar refractivity (Wildman–Crippen MR) is 77.4 cm³/mol. The van der Waals surface area contributed by atoms with E-state index in [2.05, 4.69) is 15.5 Å². The summed E-state index contributed by atoms with van der Waals surface area (Å²) in [6.07, 6.45) is 0. The summed E-state index contributed by atoms with van der Waals surface area (Å²) in [5.41, 5.74) is 1.69. The van der Waals surface area contributed by atoms with Gasteiger partial charge in [-0.05, 0) is 57.2 Å². The third-order valence-electron chi connectivity index (χ3n) is 2.49. The van der Waals surface area contributed by atoms with E-state index in [0.29, 0.717) is 0 Å². The number of ether oxygens (including phenoxy) is 1. The molecule has 4 nitrogen and oxygen atoms in total. The molecule has 0 atom stereocenters. The highest BCUT2D eigenvalue weighted by atomic mass is 16.5. The summed E-state index contributed by atoms with van der Waals surface area (Å²) in [7, 11) is 1.82. The van der Waals surface area contributed by atoms with E-state index in [9.17, 15) is 0 Å². The molecule has 0 amide bonds. The largest absolute Gasteiger partial charge is 0.488 e. The molecule has 2 aromatic rings. The van der Waals surface area contributed by atoms with Crippen LogP contribution >= 0.6 is 0 Å². The summed E-state index contributed by atoms with van der Waals surface area (Å²) in [5, 5.41) is 11.2. The van der Waals surface area contributed by atoms with Gasteiger partial charge >= 0.3 is 0 Å². The first kappa shape index (κ1) is 13.3. The van der Waals surface area contributed by atoms with Gasteiger partial charge in [0.15, 0.2) is 0 Å². The van der Waals surface area contributed by atoms with E-state index in [1.807, 2.05) is 64.2 Å². The molecule has 1 N–H and O–H groups in total. The molecular weight excluding hydrogens is 238 g/mol. The van der Waals surface area contributed by atoms with Gasteiger partial charge in [-0.25, -0.2) is 0 Å². The quantitative estimate of drug-likeness (QED) is 0.915. The van der Waals surface area contributed by atoms with Crippen LogP contribution in [-0.2, 0) is 0 Å². The van der Waals surface area contributed by atoms with Gasteiger partial charge in [-0.2, -0.15) is 0 Å². The third-order valence-corrected chi connectivity index (χ3v) is 2.49. The van der Waals surface area contributed by atoms with Crippen LogP contribution in [0.15, 0.2) is 36.4 Å². The average molecular weight is 257 g/mol. The number of aromatic nitrogens is 2. The number of nitrogens with one attached hydrogen (secondary N) is 1. The van der Waals surface area contributed by atoms with Gasteiger partial charge in [0.25, 0.3) is 0 Å². The Bertz CT molecular complexity index is 527. The SMILES string of the molecule is CNc1ccc(-c2ccc(OC(C)(C)C)cc2)nn1. The van der Waals surface area contributed by atoms with Crippen molar-refractivity contribution in [2.75, 3.05) is 12.4 Å². The maximum absolute atomic E-state index is 5.78. The van der Waals surface area contributed by atoms with Crippen LogP contribution in [0.3, 0.4) is 0 Å². The zero-order valence-electron chi connectivity index (χ0n) is 11.8. The van der Waals surface area contributed by atoms with Crippen LogP contribution in [0.4, 0.5) is 5.82 Å². The fourth-order valence-corrected chi connectivity index (χ4v) is 1.67. The number of rotatable bonds is 3. The number of benzene rings is 1. The van der Waals surface area contributed by atoms with Crippen LogP contribution in [0.25, 0.3) is 11.3 Å². The van der Waals surface area contributed by atoms with Crippen molar-refractivity contribution in [2.24, 2.45) is 0 Å².